The molecule has 0 aliphatic heterocycles. The molecule has 0 aliphatic carbocycles. The van der Waals surface area contributed by atoms with Crippen molar-refractivity contribution in [2.45, 2.75) is 0 Å². The molecule has 2 aromatic rings. The van der Waals surface area contributed by atoms with Gasteiger partial charge in [0.2, 0.25) is 0 Å². The summed E-state index contributed by atoms with van der Waals surface area (Å²) in [5, 5.41) is 13.4. The third-order valence-electron chi connectivity index (χ3n) is 3.53. The average molecular weight is 386 g/mol. The maximum Gasteiger partial charge on any atom is 0.330 e. The molecule has 28 heavy (non-hydrogen) atoms. The van der Waals surface area contributed by atoms with Crippen molar-refractivity contribution < 1.29 is 28.7 Å². The second-order valence-corrected chi connectivity index (χ2v) is 5.38. The lowest BCUT2D eigenvalue weighted by Crippen LogP contribution is -2.20. The number of hydrogen-bond donors (Lipinski definition) is 1. The first-order chi connectivity index (χ1) is 13.4. The van der Waals surface area contributed by atoms with Crippen molar-refractivity contribution in [1.29, 1.82) is 0 Å². The van der Waals surface area contributed by atoms with Crippen molar-refractivity contribution in [3.63, 3.8) is 0 Å². The van der Waals surface area contributed by atoms with Crippen LogP contribution >= 0.6 is 0 Å². The average Bonchev–Trinajstić information content (AvgIpc) is 2.70. The molecule has 2 rings (SSSR count). The maximum atomic E-state index is 12.1. The number of methoxy groups -OCH3 is 2. The van der Waals surface area contributed by atoms with Gasteiger partial charge in [0.15, 0.2) is 18.1 Å². The van der Waals surface area contributed by atoms with Crippen molar-refractivity contribution in [1.82, 2.24) is 0 Å². The van der Waals surface area contributed by atoms with Gasteiger partial charge in [-0.2, -0.15) is 0 Å². The van der Waals surface area contributed by atoms with Crippen LogP contribution in [0.3, 0.4) is 0 Å². The van der Waals surface area contributed by atoms with Crippen molar-refractivity contribution >= 4 is 29.3 Å². The van der Waals surface area contributed by atoms with Crippen LogP contribution in [-0.4, -0.2) is 37.6 Å². The highest BCUT2D eigenvalue weighted by atomic mass is 16.6. The second kappa shape index (κ2) is 9.72. The van der Waals surface area contributed by atoms with Crippen LogP contribution in [0.1, 0.15) is 5.56 Å². The Morgan fingerprint density at radius 2 is 1.89 bits per heavy atom. The van der Waals surface area contributed by atoms with Crippen LogP contribution in [0.4, 0.5) is 11.4 Å². The van der Waals surface area contributed by atoms with E-state index in [9.17, 15) is 19.7 Å². The number of benzene rings is 2. The minimum Gasteiger partial charge on any atom is -0.493 e. The third kappa shape index (κ3) is 5.56. The van der Waals surface area contributed by atoms with E-state index in [0.717, 1.165) is 0 Å². The van der Waals surface area contributed by atoms with Gasteiger partial charge in [0, 0.05) is 12.1 Å². The predicted molar refractivity (Wildman–Crippen MR) is 101 cm³/mol. The van der Waals surface area contributed by atoms with Gasteiger partial charge in [-0.15, -0.1) is 0 Å². The molecule has 1 amide bonds. The molecule has 0 saturated heterocycles. The van der Waals surface area contributed by atoms with Crippen LogP contribution in [0, 0.1) is 10.1 Å². The summed E-state index contributed by atoms with van der Waals surface area (Å²) >= 11 is 0. The number of esters is 1. The van der Waals surface area contributed by atoms with E-state index in [1.54, 1.807) is 30.3 Å². The Balaban J connectivity index is 2.04. The maximum absolute atomic E-state index is 12.1. The zero-order valence-electron chi connectivity index (χ0n) is 15.2. The SMILES string of the molecule is COC(=O)/C=C/c1ccc(OCC(=O)Nc2ccccc2[N+](=O)[O-])c(OC)c1. The monoisotopic (exact) mass is 386 g/mol. The Kier molecular flexibility index (Phi) is 7.09. The van der Waals surface area contributed by atoms with E-state index in [2.05, 4.69) is 10.1 Å². The molecular weight excluding hydrogens is 368 g/mol. The molecule has 0 radical (unpaired) electrons. The van der Waals surface area contributed by atoms with Gasteiger partial charge in [-0.1, -0.05) is 18.2 Å². The Hall–Kier alpha value is -3.88. The molecule has 0 unspecified atom stereocenters. The first-order valence-corrected chi connectivity index (χ1v) is 8.04. The molecule has 9 nitrogen and oxygen atoms in total. The van der Waals surface area contributed by atoms with Gasteiger partial charge < -0.3 is 19.5 Å². The molecule has 1 N–H and O–H groups in total. The number of nitrogens with zero attached hydrogens (tertiary/aromatic N) is 1. The van der Waals surface area contributed by atoms with Gasteiger partial charge in [-0.3, -0.25) is 14.9 Å². The van der Waals surface area contributed by atoms with E-state index in [1.165, 1.54) is 38.5 Å². The topological polar surface area (TPSA) is 117 Å². The summed E-state index contributed by atoms with van der Waals surface area (Å²) in [5.41, 5.74) is 0.533. The molecule has 0 atom stereocenters. The summed E-state index contributed by atoms with van der Waals surface area (Å²) < 4.78 is 15.2. The largest absolute Gasteiger partial charge is 0.493 e. The molecule has 146 valence electrons. The molecule has 0 heterocycles. The van der Waals surface area contributed by atoms with Gasteiger partial charge in [-0.25, -0.2) is 4.79 Å². The number of amides is 1. The van der Waals surface area contributed by atoms with Gasteiger partial charge >= 0.3 is 5.97 Å². The van der Waals surface area contributed by atoms with Gasteiger partial charge in [0.1, 0.15) is 5.69 Å². The first kappa shape index (κ1) is 20.4. The summed E-state index contributed by atoms with van der Waals surface area (Å²) in [5.74, 6) is -0.405. The number of nitrogens with one attached hydrogen (secondary N) is 1. The molecule has 0 aromatic heterocycles. The number of para-hydroxylation sites is 2. The summed E-state index contributed by atoms with van der Waals surface area (Å²) in [6.07, 6.45) is 2.80. The quantitative estimate of drug-likeness (QED) is 0.321. The zero-order chi connectivity index (χ0) is 20.5. The minimum atomic E-state index is -0.583. The Bertz CT molecular complexity index is 909. The molecule has 2 aromatic carbocycles. The Morgan fingerprint density at radius 1 is 1.14 bits per heavy atom. The molecule has 0 saturated carbocycles. The number of carbonyl (C=O) groups excluding carboxylic acids is 2. The van der Waals surface area contributed by atoms with Gasteiger partial charge in [-0.05, 0) is 29.8 Å². The standard InChI is InChI=1S/C19H18N2O7/c1-26-17-11-13(8-10-19(23)27-2)7-9-16(17)28-12-18(22)20-14-5-3-4-6-15(14)21(24)25/h3-11H,12H2,1-2H3,(H,20,22)/b10-8+. The van der Waals surface area contributed by atoms with E-state index in [-0.39, 0.29) is 18.0 Å². The first-order valence-electron chi connectivity index (χ1n) is 8.04. The fraction of sp³-hybridized carbons (Fsp3) is 0.158. The van der Waals surface area contributed by atoms with E-state index in [0.29, 0.717) is 17.1 Å². The third-order valence-corrected chi connectivity index (χ3v) is 3.53. The second-order valence-electron chi connectivity index (χ2n) is 5.38. The van der Waals surface area contributed by atoms with Gasteiger partial charge in [0.05, 0.1) is 19.1 Å². The highest BCUT2D eigenvalue weighted by molar-refractivity contribution is 5.94. The number of nitro groups is 1. The van der Waals surface area contributed by atoms with Crippen molar-refractivity contribution in [3.8, 4) is 11.5 Å². The smallest absolute Gasteiger partial charge is 0.330 e. The number of rotatable bonds is 8. The van der Waals surface area contributed by atoms with Crippen molar-refractivity contribution in [3.05, 3.63) is 64.2 Å². The van der Waals surface area contributed by atoms with Crippen LogP contribution in [0.25, 0.3) is 6.08 Å². The highest BCUT2D eigenvalue weighted by Crippen LogP contribution is 2.29. The Labute approximate surface area is 160 Å². The van der Waals surface area contributed by atoms with E-state index in [1.807, 2.05) is 0 Å². The van der Waals surface area contributed by atoms with Crippen LogP contribution in [0.2, 0.25) is 0 Å². The predicted octanol–water partition coefficient (Wildman–Crippen LogP) is 2.81. The lowest BCUT2D eigenvalue weighted by Gasteiger charge is -2.11. The van der Waals surface area contributed by atoms with Crippen molar-refractivity contribution in [2.75, 3.05) is 26.1 Å². The number of anilines is 1. The van der Waals surface area contributed by atoms with E-state index in [4.69, 9.17) is 9.47 Å². The van der Waals surface area contributed by atoms with Crippen LogP contribution < -0.4 is 14.8 Å². The molecule has 9 heteroatoms. The summed E-state index contributed by atoms with van der Waals surface area (Å²) in [4.78, 5) is 33.6. The summed E-state index contributed by atoms with van der Waals surface area (Å²) in [6.45, 7) is -0.375. The fourth-order valence-corrected chi connectivity index (χ4v) is 2.21. The van der Waals surface area contributed by atoms with E-state index >= 15 is 0 Å². The number of nitro benzene ring substituents is 1. The molecule has 0 spiro atoms. The number of hydrogen-bond acceptors (Lipinski definition) is 7. The Morgan fingerprint density at radius 3 is 2.57 bits per heavy atom. The van der Waals surface area contributed by atoms with Crippen molar-refractivity contribution in [2.24, 2.45) is 0 Å². The molecular formula is C19H18N2O7. The lowest BCUT2D eigenvalue weighted by atomic mass is 10.2. The zero-order valence-corrected chi connectivity index (χ0v) is 15.2. The highest BCUT2D eigenvalue weighted by Gasteiger charge is 2.15. The van der Waals surface area contributed by atoms with E-state index < -0.39 is 16.8 Å². The van der Waals surface area contributed by atoms with Crippen LogP contribution in [-0.2, 0) is 14.3 Å². The molecule has 0 aliphatic rings. The summed E-state index contributed by atoms with van der Waals surface area (Å²) in [6, 6.07) is 10.7. The van der Waals surface area contributed by atoms with Crippen LogP contribution in [0.15, 0.2) is 48.5 Å². The van der Waals surface area contributed by atoms with Crippen LogP contribution in [0.5, 0.6) is 11.5 Å². The molecule has 0 bridgehead atoms. The minimum absolute atomic E-state index is 0.0800. The molecule has 0 fully saturated rings. The summed E-state index contributed by atoms with van der Waals surface area (Å²) in [7, 11) is 2.71. The number of ether oxygens (including phenoxy) is 3. The normalized spacial score (nSPS) is 10.4. The number of carbonyl (C=O) groups is 2. The lowest BCUT2D eigenvalue weighted by molar-refractivity contribution is -0.383. The fourth-order valence-electron chi connectivity index (χ4n) is 2.21. The van der Waals surface area contributed by atoms with Gasteiger partial charge in [0.25, 0.3) is 11.6 Å².